The number of rotatable bonds is 2. The lowest BCUT2D eigenvalue weighted by Gasteiger charge is -2.12. The zero-order valence-electron chi connectivity index (χ0n) is 11.5. The normalized spacial score (nSPS) is 11.3. The van der Waals surface area contributed by atoms with Crippen LogP contribution in [0.1, 0.15) is 5.56 Å². The number of halogens is 1. The summed E-state index contributed by atoms with van der Waals surface area (Å²) in [6.45, 7) is 0.451. The molecule has 0 amide bonds. The first kappa shape index (κ1) is 13.0. The molecule has 4 rings (SSSR count). The number of fused-ring (bicyclic) bond motifs is 3. The number of aromatic nitrogens is 4. The summed E-state index contributed by atoms with van der Waals surface area (Å²) in [6, 6.07) is 9.28. The molecule has 0 fully saturated rings. The highest BCUT2D eigenvalue weighted by molar-refractivity contribution is 6.31. The SMILES string of the molecule is O=c1c2cncn2c2cc(Cl)ccc2n1Cc1cccnc1. The van der Waals surface area contributed by atoms with Crippen LogP contribution in [0.2, 0.25) is 5.02 Å². The molecule has 0 radical (unpaired) electrons. The highest BCUT2D eigenvalue weighted by Gasteiger charge is 2.11. The number of pyridine rings is 1. The first-order chi connectivity index (χ1) is 10.7. The fourth-order valence-electron chi connectivity index (χ4n) is 2.64. The summed E-state index contributed by atoms with van der Waals surface area (Å²) in [5.74, 6) is 0. The summed E-state index contributed by atoms with van der Waals surface area (Å²) in [4.78, 5) is 20.9. The molecule has 22 heavy (non-hydrogen) atoms. The Kier molecular flexibility index (Phi) is 2.94. The number of nitrogens with zero attached hydrogens (tertiary/aromatic N) is 4. The molecule has 0 bridgehead atoms. The van der Waals surface area contributed by atoms with E-state index in [0.29, 0.717) is 17.1 Å². The van der Waals surface area contributed by atoms with Gasteiger partial charge in [-0.2, -0.15) is 0 Å². The van der Waals surface area contributed by atoms with Crippen molar-refractivity contribution in [3.8, 4) is 0 Å². The van der Waals surface area contributed by atoms with Gasteiger partial charge in [-0.3, -0.25) is 14.2 Å². The van der Waals surface area contributed by atoms with Crippen molar-refractivity contribution in [3.05, 3.63) is 76.2 Å². The fourth-order valence-corrected chi connectivity index (χ4v) is 2.81. The van der Waals surface area contributed by atoms with Crippen LogP contribution in [0.4, 0.5) is 0 Å². The van der Waals surface area contributed by atoms with E-state index in [9.17, 15) is 4.79 Å². The van der Waals surface area contributed by atoms with Crippen LogP contribution in [0, 0.1) is 0 Å². The molecule has 0 aliphatic heterocycles. The Morgan fingerprint density at radius 1 is 1.05 bits per heavy atom. The summed E-state index contributed by atoms with van der Waals surface area (Å²) in [7, 11) is 0. The quantitative estimate of drug-likeness (QED) is 0.572. The number of benzene rings is 1. The Bertz CT molecular complexity index is 1040. The van der Waals surface area contributed by atoms with Crippen LogP contribution in [-0.2, 0) is 6.54 Å². The Hall–Kier alpha value is -2.66. The summed E-state index contributed by atoms with van der Waals surface area (Å²) in [6.07, 6.45) is 6.67. The number of imidazole rings is 1. The number of hydrogen-bond acceptors (Lipinski definition) is 3. The molecule has 108 valence electrons. The molecule has 4 aromatic rings. The van der Waals surface area contributed by atoms with Gasteiger partial charge in [-0.15, -0.1) is 0 Å². The third-order valence-corrected chi connectivity index (χ3v) is 3.89. The highest BCUT2D eigenvalue weighted by Crippen LogP contribution is 2.20. The van der Waals surface area contributed by atoms with E-state index in [0.717, 1.165) is 16.6 Å². The lowest BCUT2D eigenvalue weighted by molar-refractivity contribution is 0.789. The lowest BCUT2D eigenvalue weighted by Crippen LogP contribution is -2.23. The Balaban J connectivity index is 2.07. The van der Waals surface area contributed by atoms with E-state index < -0.39 is 0 Å². The number of hydrogen-bond donors (Lipinski definition) is 0. The van der Waals surface area contributed by atoms with Crippen LogP contribution in [0.15, 0.2) is 60.0 Å². The van der Waals surface area contributed by atoms with Crippen molar-refractivity contribution in [2.45, 2.75) is 6.54 Å². The predicted molar refractivity (Wildman–Crippen MR) is 85.3 cm³/mol. The molecule has 0 aliphatic rings. The molecule has 5 nitrogen and oxygen atoms in total. The van der Waals surface area contributed by atoms with Crippen LogP contribution in [0.3, 0.4) is 0 Å². The molecule has 0 N–H and O–H groups in total. The minimum Gasteiger partial charge on any atom is -0.300 e. The van der Waals surface area contributed by atoms with Crippen LogP contribution in [-0.4, -0.2) is 18.9 Å². The van der Waals surface area contributed by atoms with E-state index >= 15 is 0 Å². The third-order valence-electron chi connectivity index (χ3n) is 3.65. The average Bonchev–Trinajstić information content (AvgIpc) is 3.02. The van der Waals surface area contributed by atoms with Crippen molar-refractivity contribution in [1.29, 1.82) is 0 Å². The van der Waals surface area contributed by atoms with Crippen molar-refractivity contribution in [2.24, 2.45) is 0 Å². The fraction of sp³-hybridized carbons (Fsp3) is 0.0625. The maximum absolute atomic E-state index is 12.7. The molecule has 0 aliphatic carbocycles. The summed E-state index contributed by atoms with van der Waals surface area (Å²) >= 11 is 6.11. The molecular formula is C16H11ClN4O. The molecule has 0 atom stereocenters. The van der Waals surface area contributed by atoms with Crippen LogP contribution in [0.25, 0.3) is 16.6 Å². The zero-order chi connectivity index (χ0) is 15.1. The lowest BCUT2D eigenvalue weighted by atomic mass is 10.2. The van der Waals surface area contributed by atoms with Gasteiger partial charge >= 0.3 is 0 Å². The second-order valence-electron chi connectivity index (χ2n) is 5.03. The summed E-state index contributed by atoms with van der Waals surface area (Å²) in [5.41, 5.74) is 3.06. The average molecular weight is 311 g/mol. The van der Waals surface area contributed by atoms with Crippen molar-refractivity contribution < 1.29 is 0 Å². The Morgan fingerprint density at radius 2 is 1.95 bits per heavy atom. The highest BCUT2D eigenvalue weighted by atomic mass is 35.5. The molecular weight excluding hydrogens is 300 g/mol. The second-order valence-corrected chi connectivity index (χ2v) is 5.47. The molecule has 0 spiro atoms. The molecule has 6 heteroatoms. The third kappa shape index (κ3) is 1.98. The van der Waals surface area contributed by atoms with Gasteiger partial charge in [-0.1, -0.05) is 17.7 Å². The van der Waals surface area contributed by atoms with Gasteiger partial charge in [0, 0.05) is 17.4 Å². The monoisotopic (exact) mass is 310 g/mol. The van der Waals surface area contributed by atoms with Crippen molar-refractivity contribution in [1.82, 2.24) is 18.9 Å². The Morgan fingerprint density at radius 3 is 2.77 bits per heavy atom. The second kappa shape index (κ2) is 4.96. The van der Waals surface area contributed by atoms with E-state index in [-0.39, 0.29) is 5.56 Å². The molecule has 3 heterocycles. The summed E-state index contributed by atoms with van der Waals surface area (Å²) in [5, 5.41) is 0.620. The molecule has 1 aromatic carbocycles. The van der Waals surface area contributed by atoms with Crippen LogP contribution >= 0.6 is 11.6 Å². The van der Waals surface area contributed by atoms with Crippen LogP contribution < -0.4 is 5.56 Å². The van der Waals surface area contributed by atoms with E-state index in [2.05, 4.69) is 9.97 Å². The Labute approximate surface area is 130 Å². The minimum absolute atomic E-state index is 0.0869. The van der Waals surface area contributed by atoms with Gasteiger partial charge in [0.2, 0.25) is 0 Å². The molecule has 0 saturated carbocycles. The zero-order valence-corrected chi connectivity index (χ0v) is 12.2. The van der Waals surface area contributed by atoms with Gasteiger partial charge in [0.1, 0.15) is 5.52 Å². The van der Waals surface area contributed by atoms with Crippen molar-refractivity contribution in [2.75, 3.05) is 0 Å². The molecule has 3 aromatic heterocycles. The van der Waals surface area contributed by atoms with Gasteiger partial charge in [0.25, 0.3) is 5.56 Å². The van der Waals surface area contributed by atoms with Crippen molar-refractivity contribution in [3.63, 3.8) is 0 Å². The first-order valence-corrected chi connectivity index (χ1v) is 7.15. The van der Waals surface area contributed by atoms with E-state index in [1.54, 1.807) is 40.0 Å². The van der Waals surface area contributed by atoms with Gasteiger partial charge in [0.15, 0.2) is 0 Å². The van der Waals surface area contributed by atoms with Gasteiger partial charge < -0.3 is 4.57 Å². The van der Waals surface area contributed by atoms with E-state index in [1.807, 2.05) is 24.3 Å². The van der Waals surface area contributed by atoms with E-state index in [1.165, 1.54) is 0 Å². The maximum atomic E-state index is 12.7. The first-order valence-electron chi connectivity index (χ1n) is 6.77. The maximum Gasteiger partial charge on any atom is 0.277 e. The largest absolute Gasteiger partial charge is 0.300 e. The minimum atomic E-state index is -0.0869. The van der Waals surface area contributed by atoms with Gasteiger partial charge in [-0.25, -0.2) is 4.98 Å². The van der Waals surface area contributed by atoms with E-state index in [4.69, 9.17) is 11.6 Å². The van der Waals surface area contributed by atoms with Gasteiger partial charge in [0.05, 0.1) is 30.1 Å². The molecule has 0 unspecified atom stereocenters. The summed E-state index contributed by atoms with van der Waals surface area (Å²) < 4.78 is 3.49. The van der Waals surface area contributed by atoms with Gasteiger partial charge in [-0.05, 0) is 29.8 Å². The standard InChI is InChI=1S/C16H11ClN4O/c17-12-3-4-13-14(6-12)21-10-19-8-15(21)16(22)20(13)9-11-2-1-5-18-7-11/h1-8,10H,9H2. The molecule has 0 saturated heterocycles. The predicted octanol–water partition coefficient (Wildman–Crippen LogP) is 2.75. The van der Waals surface area contributed by atoms with Crippen LogP contribution in [0.5, 0.6) is 0 Å². The topological polar surface area (TPSA) is 52.2 Å². The van der Waals surface area contributed by atoms with Crippen molar-refractivity contribution >= 4 is 28.2 Å². The smallest absolute Gasteiger partial charge is 0.277 e.